The van der Waals surface area contributed by atoms with Crippen molar-refractivity contribution in [3.8, 4) is 17.2 Å². The summed E-state index contributed by atoms with van der Waals surface area (Å²) in [6, 6.07) is 12.8. The van der Waals surface area contributed by atoms with Gasteiger partial charge in [-0.15, -0.1) is 0 Å². The van der Waals surface area contributed by atoms with Crippen LogP contribution in [-0.4, -0.2) is 39.7 Å². The molecule has 0 bridgehead atoms. The Labute approximate surface area is 164 Å². The van der Waals surface area contributed by atoms with E-state index in [0.29, 0.717) is 30.3 Å². The first-order valence-corrected chi connectivity index (χ1v) is 8.99. The van der Waals surface area contributed by atoms with Crippen LogP contribution in [0.25, 0.3) is 0 Å². The number of ether oxygens (including phenoxy) is 3. The number of anilines is 1. The van der Waals surface area contributed by atoms with E-state index in [4.69, 9.17) is 14.2 Å². The Balaban J connectivity index is 1.68. The molecule has 3 rings (SSSR count). The van der Waals surface area contributed by atoms with Crippen molar-refractivity contribution in [1.82, 2.24) is 5.32 Å². The third-order valence-electron chi connectivity index (χ3n) is 4.82. The van der Waals surface area contributed by atoms with Crippen LogP contribution in [-0.2, 0) is 16.1 Å². The van der Waals surface area contributed by atoms with Gasteiger partial charge in [-0.3, -0.25) is 9.59 Å². The van der Waals surface area contributed by atoms with Gasteiger partial charge in [0.15, 0.2) is 0 Å². The van der Waals surface area contributed by atoms with Crippen LogP contribution in [0.5, 0.6) is 17.2 Å². The minimum atomic E-state index is -0.422. The molecule has 0 aromatic heterocycles. The fourth-order valence-electron chi connectivity index (χ4n) is 3.30. The van der Waals surface area contributed by atoms with Crippen molar-refractivity contribution in [3.05, 3.63) is 48.0 Å². The largest absolute Gasteiger partial charge is 0.497 e. The molecule has 7 nitrogen and oxygen atoms in total. The summed E-state index contributed by atoms with van der Waals surface area (Å²) >= 11 is 0. The average molecular weight is 384 g/mol. The van der Waals surface area contributed by atoms with Crippen molar-refractivity contribution in [3.63, 3.8) is 0 Å². The van der Waals surface area contributed by atoms with Gasteiger partial charge in [-0.1, -0.05) is 18.2 Å². The predicted octanol–water partition coefficient (Wildman–Crippen LogP) is 2.38. The maximum atomic E-state index is 12.6. The maximum Gasteiger partial charge on any atom is 0.227 e. The van der Waals surface area contributed by atoms with Crippen LogP contribution in [0.4, 0.5) is 5.69 Å². The van der Waals surface area contributed by atoms with Crippen molar-refractivity contribution in [1.29, 1.82) is 0 Å². The second-order valence-electron chi connectivity index (χ2n) is 6.47. The molecule has 1 aliphatic rings. The summed E-state index contributed by atoms with van der Waals surface area (Å²) < 4.78 is 15.9. The smallest absolute Gasteiger partial charge is 0.227 e. The summed E-state index contributed by atoms with van der Waals surface area (Å²) in [6.45, 7) is 0.651. The first kappa shape index (κ1) is 19.5. The van der Waals surface area contributed by atoms with Gasteiger partial charge in [-0.25, -0.2) is 0 Å². The van der Waals surface area contributed by atoms with Crippen molar-refractivity contribution in [2.45, 2.75) is 13.0 Å². The van der Waals surface area contributed by atoms with E-state index in [1.807, 2.05) is 24.3 Å². The molecular formula is C21H24N2O5. The first-order chi connectivity index (χ1) is 13.6. The van der Waals surface area contributed by atoms with E-state index in [-0.39, 0.29) is 18.2 Å². The summed E-state index contributed by atoms with van der Waals surface area (Å²) in [4.78, 5) is 26.7. The topological polar surface area (TPSA) is 77.1 Å². The molecule has 148 valence electrons. The number of hydrogen-bond acceptors (Lipinski definition) is 5. The number of amides is 2. The highest BCUT2D eigenvalue weighted by molar-refractivity contribution is 6.01. The highest BCUT2D eigenvalue weighted by atomic mass is 16.5. The SMILES string of the molecule is COc1ccc(N2C[C@@H](C(=O)NCc3ccccc3OC)CC2=O)c(OC)c1. The van der Waals surface area contributed by atoms with Crippen LogP contribution >= 0.6 is 0 Å². The maximum absolute atomic E-state index is 12.6. The minimum absolute atomic E-state index is 0.110. The van der Waals surface area contributed by atoms with Crippen LogP contribution in [0.15, 0.2) is 42.5 Å². The first-order valence-electron chi connectivity index (χ1n) is 8.99. The fourth-order valence-corrected chi connectivity index (χ4v) is 3.30. The Kier molecular flexibility index (Phi) is 6.03. The number of para-hydroxylation sites is 1. The Morgan fingerprint density at radius 2 is 1.82 bits per heavy atom. The van der Waals surface area contributed by atoms with Gasteiger partial charge in [-0.05, 0) is 18.2 Å². The van der Waals surface area contributed by atoms with Gasteiger partial charge in [-0.2, -0.15) is 0 Å². The summed E-state index contributed by atoms with van der Waals surface area (Å²) in [5.74, 6) is 1.19. The molecule has 2 amide bonds. The zero-order valence-corrected chi connectivity index (χ0v) is 16.2. The van der Waals surface area contributed by atoms with Crippen LogP contribution < -0.4 is 24.4 Å². The van der Waals surface area contributed by atoms with E-state index in [1.165, 1.54) is 7.11 Å². The van der Waals surface area contributed by atoms with E-state index in [0.717, 1.165) is 11.3 Å². The van der Waals surface area contributed by atoms with Crippen LogP contribution in [0.2, 0.25) is 0 Å². The average Bonchev–Trinajstić information content (AvgIpc) is 3.13. The lowest BCUT2D eigenvalue weighted by Crippen LogP contribution is -2.32. The molecule has 0 saturated carbocycles. The van der Waals surface area contributed by atoms with Gasteiger partial charge >= 0.3 is 0 Å². The van der Waals surface area contributed by atoms with Crippen LogP contribution in [0, 0.1) is 5.92 Å². The molecule has 2 aromatic carbocycles. The number of methoxy groups -OCH3 is 3. The monoisotopic (exact) mass is 384 g/mol. The van der Waals surface area contributed by atoms with Gasteiger partial charge in [0.2, 0.25) is 11.8 Å². The van der Waals surface area contributed by atoms with E-state index < -0.39 is 5.92 Å². The summed E-state index contributed by atoms with van der Waals surface area (Å²) in [7, 11) is 4.70. The van der Waals surface area contributed by atoms with Crippen LogP contribution in [0.3, 0.4) is 0 Å². The second-order valence-corrected chi connectivity index (χ2v) is 6.47. The fraction of sp³-hybridized carbons (Fsp3) is 0.333. The quantitative estimate of drug-likeness (QED) is 0.793. The lowest BCUT2D eigenvalue weighted by molar-refractivity contribution is -0.126. The van der Waals surface area contributed by atoms with Crippen molar-refractivity contribution in [2.24, 2.45) is 5.92 Å². The van der Waals surface area contributed by atoms with E-state index in [2.05, 4.69) is 5.32 Å². The highest BCUT2D eigenvalue weighted by Gasteiger charge is 2.36. The van der Waals surface area contributed by atoms with Gasteiger partial charge in [0.1, 0.15) is 17.2 Å². The molecule has 1 N–H and O–H groups in total. The summed E-state index contributed by atoms with van der Waals surface area (Å²) in [6.07, 6.45) is 0.160. The molecule has 2 aromatic rings. The van der Waals surface area contributed by atoms with Crippen molar-refractivity contribution < 1.29 is 23.8 Å². The summed E-state index contributed by atoms with van der Waals surface area (Å²) in [5.41, 5.74) is 1.52. The molecule has 1 saturated heterocycles. The standard InChI is InChI=1S/C21H24N2O5/c1-26-16-8-9-17(19(11-16)28-3)23-13-15(10-20(23)24)21(25)22-12-14-6-4-5-7-18(14)27-2/h4-9,11,15H,10,12-13H2,1-3H3,(H,22,25)/t15-/m0/s1. The Bertz CT molecular complexity index is 868. The molecule has 1 heterocycles. The molecule has 0 spiro atoms. The van der Waals surface area contributed by atoms with Gasteiger partial charge < -0.3 is 24.4 Å². The third-order valence-corrected chi connectivity index (χ3v) is 4.82. The third kappa shape index (κ3) is 4.03. The zero-order chi connectivity index (χ0) is 20.1. The minimum Gasteiger partial charge on any atom is -0.497 e. The molecule has 0 radical (unpaired) electrons. The Morgan fingerprint density at radius 1 is 1.07 bits per heavy atom. The lowest BCUT2D eigenvalue weighted by atomic mass is 10.1. The number of rotatable bonds is 7. The normalized spacial score (nSPS) is 16.0. The van der Waals surface area contributed by atoms with Crippen molar-refractivity contribution >= 4 is 17.5 Å². The molecule has 28 heavy (non-hydrogen) atoms. The predicted molar refractivity (Wildman–Crippen MR) is 105 cm³/mol. The van der Waals surface area contributed by atoms with Crippen LogP contribution in [0.1, 0.15) is 12.0 Å². The zero-order valence-electron chi connectivity index (χ0n) is 16.2. The molecule has 0 aliphatic carbocycles. The lowest BCUT2D eigenvalue weighted by Gasteiger charge is -2.20. The molecule has 1 aliphatic heterocycles. The van der Waals surface area contributed by atoms with Crippen molar-refractivity contribution in [2.75, 3.05) is 32.8 Å². The van der Waals surface area contributed by atoms with Gasteiger partial charge in [0.25, 0.3) is 0 Å². The Morgan fingerprint density at radius 3 is 2.54 bits per heavy atom. The number of carbonyl (C=O) groups is 2. The second kappa shape index (κ2) is 8.65. The van der Waals surface area contributed by atoms with E-state index in [1.54, 1.807) is 37.3 Å². The molecule has 7 heteroatoms. The molecule has 1 atom stereocenters. The molecule has 1 fully saturated rings. The number of nitrogens with one attached hydrogen (secondary N) is 1. The summed E-state index contributed by atoms with van der Waals surface area (Å²) in [5, 5.41) is 2.91. The molecule has 0 unspecified atom stereocenters. The van der Waals surface area contributed by atoms with E-state index >= 15 is 0 Å². The van der Waals surface area contributed by atoms with Gasteiger partial charge in [0, 0.05) is 31.1 Å². The molecular weight excluding hydrogens is 360 g/mol. The number of carbonyl (C=O) groups excluding carboxylic acids is 2. The van der Waals surface area contributed by atoms with Gasteiger partial charge in [0.05, 0.1) is 32.9 Å². The van der Waals surface area contributed by atoms with E-state index in [9.17, 15) is 9.59 Å². The highest BCUT2D eigenvalue weighted by Crippen LogP contribution is 2.35. The number of hydrogen-bond donors (Lipinski definition) is 1. The number of nitrogens with zero attached hydrogens (tertiary/aromatic N) is 1. The number of benzene rings is 2. The Hall–Kier alpha value is -3.22.